The first-order valence-corrected chi connectivity index (χ1v) is 8.20. The zero-order chi connectivity index (χ0) is 11.7. The fourth-order valence-electron chi connectivity index (χ4n) is 4.70. The minimum absolute atomic E-state index is 0.817. The molecule has 3 aliphatic rings. The van der Waals surface area contributed by atoms with Crippen molar-refractivity contribution in [3.63, 3.8) is 0 Å². The molecule has 0 aliphatic heterocycles. The smallest absolute Gasteiger partial charge is 0.0351 e. The van der Waals surface area contributed by atoms with Crippen molar-refractivity contribution in [1.82, 2.24) is 4.90 Å². The minimum Gasteiger partial charge on any atom is -0.299 e. The van der Waals surface area contributed by atoms with Gasteiger partial charge >= 0.3 is 0 Å². The molecule has 3 unspecified atom stereocenters. The van der Waals surface area contributed by atoms with Crippen LogP contribution in [-0.4, -0.2) is 29.9 Å². The lowest BCUT2D eigenvalue weighted by Crippen LogP contribution is -2.39. The SMILES string of the molecule is ClCCN(CC1CC2CCC1C2)C1CCCC1. The average molecular weight is 256 g/mol. The Morgan fingerprint density at radius 2 is 1.82 bits per heavy atom. The quantitative estimate of drug-likeness (QED) is 0.674. The molecule has 2 heteroatoms. The third-order valence-electron chi connectivity index (χ3n) is 5.57. The molecule has 0 radical (unpaired) electrons. The molecule has 1 nitrogen and oxygen atoms in total. The first-order valence-electron chi connectivity index (χ1n) is 7.67. The highest BCUT2D eigenvalue weighted by molar-refractivity contribution is 6.18. The largest absolute Gasteiger partial charge is 0.299 e. The molecule has 17 heavy (non-hydrogen) atoms. The van der Waals surface area contributed by atoms with Gasteiger partial charge in [0.2, 0.25) is 0 Å². The molecule has 3 saturated carbocycles. The molecule has 0 aromatic carbocycles. The van der Waals surface area contributed by atoms with Crippen LogP contribution in [0.1, 0.15) is 51.4 Å². The minimum atomic E-state index is 0.817. The lowest BCUT2D eigenvalue weighted by atomic mass is 9.88. The van der Waals surface area contributed by atoms with Gasteiger partial charge < -0.3 is 0 Å². The van der Waals surface area contributed by atoms with Gasteiger partial charge in [-0.05, 0) is 49.9 Å². The van der Waals surface area contributed by atoms with E-state index < -0.39 is 0 Å². The van der Waals surface area contributed by atoms with Crippen LogP contribution in [0.2, 0.25) is 0 Å². The van der Waals surface area contributed by atoms with Gasteiger partial charge in [-0.25, -0.2) is 0 Å². The predicted octanol–water partition coefficient (Wildman–Crippen LogP) is 3.91. The van der Waals surface area contributed by atoms with Crippen LogP contribution in [0.3, 0.4) is 0 Å². The van der Waals surface area contributed by atoms with Crippen LogP contribution in [0.15, 0.2) is 0 Å². The highest BCUT2D eigenvalue weighted by Crippen LogP contribution is 2.48. The number of rotatable bonds is 5. The molecule has 0 amide bonds. The summed E-state index contributed by atoms with van der Waals surface area (Å²) in [6.07, 6.45) is 11.9. The highest BCUT2D eigenvalue weighted by atomic mass is 35.5. The Morgan fingerprint density at radius 1 is 1.00 bits per heavy atom. The summed E-state index contributed by atoms with van der Waals surface area (Å²) in [7, 11) is 0. The van der Waals surface area contributed by atoms with Crippen LogP contribution in [0.25, 0.3) is 0 Å². The summed E-state index contributed by atoms with van der Waals surface area (Å²) in [5.74, 6) is 3.99. The van der Waals surface area contributed by atoms with Gasteiger partial charge in [-0.2, -0.15) is 0 Å². The van der Waals surface area contributed by atoms with Gasteiger partial charge in [-0.3, -0.25) is 4.90 Å². The normalized spacial score (nSPS) is 37.4. The molecular formula is C15H26ClN. The van der Waals surface area contributed by atoms with Gasteiger partial charge in [0.15, 0.2) is 0 Å². The Bertz CT molecular complexity index is 249. The van der Waals surface area contributed by atoms with Crippen LogP contribution < -0.4 is 0 Å². The molecule has 3 atom stereocenters. The third kappa shape index (κ3) is 2.66. The van der Waals surface area contributed by atoms with Crippen molar-refractivity contribution < 1.29 is 0 Å². The van der Waals surface area contributed by atoms with Crippen LogP contribution in [0.5, 0.6) is 0 Å². The average Bonchev–Trinajstić information content (AvgIpc) is 3.06. The van der Waals surface area contributed by atoms with E-state index >= 15 is 0 Å². The fourth-order valence-corrected chi connectivity index (χ4v) is 4.92. The van der Waals surface area contributed by atoms with Crippen LogP contribution in [0, 0.1) is 17.8 Å². The van der Waals surface area contributed by atoms with E-state index in [1.165, 1.54) is 51.5 Å². The van der Waals surface area contributed by atoms with E-state index in [1.54, 1.807) is 6.42 Å². The Labute approximate surface area is 111 Å². The van der Waals surface area contributed by atoms with Gasteiger partial charge in [-0.15, -0.1) is 11.6 Å². The summed E-state index contributed by atoms with van der Waals surface area (Å²) in [6.45, 7) is 2.48. The second-order valence-electron chi connectivity index (χ2n) is 6.56. The van der Waals surface area contributed by atoms with Crippen molar-refractivity contribution in [1.29, 1.82) is 0 Å². The molecule has 0 saturated heterocycles. The van der Waals surface area contributed by atoms with Gasteiger partial charge in [0, 0.05) is 25.0 Å². The van der Waals surface area contributed by atoms with E-state index in [-0.39, 0.29) is 0 Å². The standard InChI is InChI=1S/C15H26ClN/c16-7-8-17(15-3-1-2-4-15)11-14-10-12-5-6-13(14)9-12/h12-15H,1-11H2. The molecule has 98 valence electrons. The zero-order valence-corrected chi connectivity index (χ0v) is 11.7. The van der Waals surface area contributed by atoms with Crippen molar-refractivity contribution in [3.05, 3.63) is 0 Å². The van der Waals surface area contributed by atoms with E-state index in [9.17, 15) is 0 Å². The van der Waals surface area contributed by atoms with Crippen molar-refractivity contribution in [3.8, 4) is 0 Å². The van der Waals surface area contributed by atoms with E-state index in [2.05, 4.69) is 4.90 Å². The topological polar surface area (TPSA) is 3.24 Å². The molecule has 2 bridgehead atoms. The molecule has 3 fully saturated rings. The van der Waals surface area contributed by atoms with E-state index in [0.29, 0.717) is 0 Å². The summed E-state index contributed by atoms with van der Waals surface area (Å²) in [5.41, 5.74) is 0. The molecule has 3 aliphatic carbocycles. The Hall–Kier alpha value is 0.250. The van der Waals surface area contributed by atoms with Crippen molar-refractivity contribution >= 4 is 11.6 Å². The lowest BCUT2D eigenvalue weighted by molar-refractivity contribution is 0.150. The monoisotopic (exact) mass is 255 g/mol. The maximum absolute atomic E-state index is 6.00. The molecule has 0 spiro atoms. The number of alkyl halides is 1. The van der Waals surface area contributed by atoms with Crippen molar-refractivity contribution in [2.75, 3.05) is 19.0 Å². The maximum Gasteiger partial charge on any atom is 0.0351 e. The molecule has 0 aromatic rings. The maximum atomic E-state index is 6.00. The van der Waals surface area contributed by atoms with E-state index in [4.69, 9.17) is 11.6 Å². The highest BCUT2D eigenvalue weighted by Gasteiger charge is 2.40. The van der Waals surface area contributed by atoms with Crippen LogP contribution >= 0.6 is 11.6 Å². The molecule has 0 aromatic heterocycles. The number of fused-ring (bicyclic) bond motifs is 2. The lowest BCUT2D eigenvalue weighted by Gasteiger charge is -2.33. The van der Waals surface area contributed by atoms with Crippen LogP contribution in [-0.2, 0) is 0 Å². The number of hydrogen-bond acceptors (Lipinski definition) is 1. The second-order valence-corrected chi connectivity index (χ2v) is 6.94. The zero-order valence-electron chi connectivity index (χ0n) is 10.9. The predicted molar refractivity (Wildman–Crippen MR) is 73.5 cm³/mol. The molecule has 3 rings (SSSR count). The fraction of sp³-hybridized carbons (Fsp3) is 1.00. The van der Waals surface area contributed by atoms with E-state index in [1.807, 2.05) is 0 Å². The molecular weight excluding hydrogens is 230 g/mol. The second kappa shape index (κ2) is 5.48. The number of hydrogen-bond donors (Lipinski definition) is 0. The number of halogens is 1. The first kappa shape index (κ1) is 12.3. The van der Waals surface area contributed by atoms with E-state index in [0.717, 1.165) is 36.2 Å². The summed E-state index contributed by atoms with van der Waals surface area (Å²) < 4.78 is 0. The van der Waals surface area contributed by atoms with Crippen LogP contribution in [0.4, 0.5) is 0 Å². The molecule has 0 heterocycles. The summed E-state index contributed by atoms with van der Waals surface area (Å²) in [6, 6.07) is 0.868. The Morgan fingerprint density at radius 3 is 2.41 bits per heavy atom. The Balaban J connectivity index is 1.56. The summed E-state index contributed by atoms with van der Waals surface area (Å²) in [5, 5.41) is 0. The summed E-state index contributed by atoms with van der Waals surface area (Å²) >= 11 is 6.00. The first-order chi connectivity index (χ1) is 8.36. The van der Waals surface area contributed by atoms with Gasteiger partial charge in [-0.1, -0.05) is 19.3 Å². The van der Waals surface area contributed by atoms with Crippen molar-refractivity contribution in [2.45, 2.75) is 57.4 Å². The van der Waals surface area contributed by atoms with Gasteiger partial charge in [0.25, 0.3) is 0 Å². The summed E-state index contributed by atoms with van der Waals surface area (Å²) in [4.78, 5) is 2.74. The molecule has 0 N–H and O–H groups in total. The van der Waals surface area contributed by atoms with Gasteiger partial charge in [0.1, 0.15) is 0 Å². The number of nitrogens with zero attached hydrogens (tertiary/aromatic N) is 1. The third-order valence-corrected chi connectivity index (χ3v) is 5.74. The van der Waals surface area contributed by atoms with Crippen molar-refractivity contribution in [2.24, 2.45) is 17.8 Å². The Kier molecular flexibility index (Phi) is 3.97. The van der Waals surface area contributed by atoms with Gasteiger partial charge in [0.05, 0.1) is 0 Å².